The van der Waals surface area contributed by atoms with E-state index in [2.05, 4.69) is 15.3 Å². The zero-order valence-corrected chi connectivity index (χ0v) is 19.2. The fourth-order valence-corrected chi connectivity index (χ4v) is 3.78. The van der Waals surface area contributed by atoms with Crippen molar-refractivity contribution >= 4 is 28.8 Å². The fraction of sp³-hybridized carbons (Fsp3) is 0.273. The van der Waals surface area contributed by atoms with Crippen molar-refractivity contribution in [3.63, 3.8) is 0 Å². The average molecular weight is 495 g/mol. The van der Waals surface area contributed by atoms with Crippen LogP contribution in [0.4, 0.5) is 26.0 Å². The van der Waals surface area contributed by atoms with Crippen LogP contribution in [0.15, 0.2) is 24.3 Å². The van der Waals surface area contributed by atoms with E-state index in [1.54, 1.807) is 11.0 Å². The summed E-state index contributed by atoms with van der Waals surface area (Å²) in [6.45, 7) is -0.444. The normalized spacial score (nSPS) is 12.3. The summed E-state index contributed by atoms with van der Waals surface area (Å²) in [7, 11) is 4.24. The van der Waals surface area contributed by atoms with E-state index in [0.717, 1.165) is 6.07 Å². The minimum atomic E-state index is -1.06. The molecule has 0 aliphatic carbocycles. The highest BCUT2D eigenvalue weighted by Crippen LogP contribution is 2.46. The Labute approximate surface area is 198 Å². The van der Waals surface area contributed by atoms with Crippen LogP contribution in [0.3, 0.4) is 0 Å². The third-order valence-electron chi connectivity index (χ3n) is 5.18. The zero-order valence-electron chi connectivity index (χ0n) is 18.5. The van der Waals surface area contributed by atoms with Gasteiger partial charge in [-0.2, -0.15) is 4.98 Å². The van der Waals surface area contributed by atoms with Crippen molar-refractivity contribution in [1.29, 1.82) is 0 Å². The number of ether oxygens (including phenoxy) is 4. The van der Waals surface area contributed by atoms with E-state index in [1.165, 1.54) is 33.5 Å². The SMILES string of the molecule is COc1cc(Cl)c(N2CNc3c(OC)nc(CO)nc32)cc1OCc1c(OC)ccc(F)c1F. The third kappa shape index (κ3) is 4.19. The first-order chi connectivity index (χ1) is 16.4. The third-order valence-corrected chi connectivity index (χ3v) is 5.48. The molecule has 0 spiro atoms. The molecule has 1 aromatic heterocycles. The lowest BCUT2D eigenvalue weighted by molar-refractivity contribution is 0.268. The van der Waals surface area contributed by atoms with Gasteiger partial charge in [0.25, 0.3) is 0 Å². The molecule has 3 aromatic rings. The second-order valence-corrected chi connectivity index (χ2v) is 7.46. The largest absolute Gasteiger partial charge is 0.496 e. The standard InChI is InChI=1S/C22H21ClF2N4O5/c1-31-15-5-4-13(24)19(25)11(15)9-34-17-7-14(12(23)6-16(17)32-2)29-10-26-20-21(29)27-18(8-30)28-22(20)33-3/h4-7,26,30H,8-10H2,1-3H3. The van der Waals surface area contributed by atoms with Crippen molar-refractivity contribution in [2.24, 2.45) is 0 Å². The number of aromatic nitrogens is 2. The topological polar surface area (TPSA) is 98.2 Å². The number of hydrogen-bond acceptors (Lipinski definition) is 9. The van der Waals surface area contributed by atoms with E-state index in [-0.39, 0.29) is 54.4 Å². The van der Waals surface area contributed by atoms with Gasteiger partial charge in [-0.1, -0.05) is 11.6 Å². The monoisotopic (exact) mass is 494 g/mol. The molecule has 0 atom stereocenters. The first kappa shape index (κ1) is 23.6. The van der Waals surface area contributed by atoms with Gasteiger partial charge in [-0.3, -0.25) is 0 Å². The number of methoxy groups -OCH3 is 3. The lowest BCUT2D eigenvalue weighted by Crippen LogP contribution is -2.18. The first-order valence-corrected chi connectivity index (χ1v) is 10.4. The number of nitrogens with zero attached hydrogens (tertiary/aromatic N) is 3. The highest BCUT2D eigenvalue weighted by atomic mass is 35.5. The molecular weight excluding hydrogens is 474 g/mol. The van der Waals surface area contributed by atoms with Crippen LogP contribution >= 0.6 is 11.6 Å². The fourth-order valence-electron chi connectivity index (χ4n) is 3.53. The molecule has 34 heavy (non-hydrogen) atoms. The van der Waals surface area contributed by atoms with Crippen LogP contribution in [0.1, 0.15) is 11.4 Å². The Bertz CT molecular complexity index is 1230. The van der Waals surface area contributed by atoms with Gasteiger partial charge in [-0.15, -0.1) is 0 Å². The van der Waals surface area contributed by atoms with Gasteiger partial charge in [0.15, 0.2) is 34.8 Å². The molecule has 180 valence electrons. The number of nitrogens with one attached hydrogen (secondary N) is 1. The highest BCUT2D eigenvalue weighted by molar-refractivity contribution is 6.33. The number of fused-ring (bicyclic) bond motifs is 1. The molecule has 0 saturated carbocycles. The molecule has 2 aromatic carbocycles. The molecule has 0 amide bonds. The van der Waals surface area contributed by atoms with Gasteiger partial charge in [0.05, 0.1) is 44.3 Å². The van der Waals surface area contributed by atoms with Crippen LogP contribution in [-0.2, 0) is 13.2 Å². The number of hydrogen-bond donors (Lipinski definition) is 2. The van der Waals surface area contributed by atoms with Crippen molar-refractivity contribution in [3.05, 3.63) is 52.3 Å². The molecule has 1 aliphatic rings. The summed E-state index contributed by atoms with van der Waals surface area (Å²) in [6, 6.07) is 5.43. The van der Waals surface area contributed by atoms with E-state index >= 15 is 0 Å². The minimum Gasteiger partial charge on any atom is -0.496 e. The number of halogens is 3. The van der Waals surface area contributed by atoms with E-state index in [4.69, 9.17) is 30.5 Å². The summed E-state index contributed by atoms with van der Waals surface area (Å²) in [5.74, 6) is -0.554. The van der Waals surface area contributed by atoms with Crippen molar-refractivity contribution in [1.82, 2.24) is 9.97 Å². The van der Waals surface area contributed by atoms with Crippen LogP contribution in [0.5, 0.6) is 23.1 Å². The van der Waals surface area contributed by atoms with Crippen LogP contribution in [-0.4, -0.2) is 43.1 Å². The van der Waals surface area contributed by atoms with Crippen LogP contribution in [0.2, 0.25) is 5.02 Å². The number of aliphatic hydroxyl groups is 1. The lowest BCUT2D eigenvalue weighted by atomic mass is 10.2. The highest BCUT2D eigenvalue weighted by Gasteiger charge is 2.29. The van der Waals surface area contributed by atoms with Crippen LogP contribution in [0, 0.1) is 11.6 Å². The minimum absolute atomic E-state index is 0.0840. The molecule has 0 saturated heterocycles. The Balaban J connectivity index is 1.72. The van der Waals surface area contributed by atoms with Crippen LogP contribution < -0.4 is 29.2 Å². The van der Waals surface area contributed by atoms with Gasteiger partial charge in [-0.05, 0) is 12.1 Å². The Morgan fingerprint density at radius 2 is 1.82 bits per heavy atom. The maximum atomic E-state index is 14.4. The van der Waals surface area contributed by atoms with Crippen molar-refractivity contribution < 1.29 is 32.8 Å². The summed E-state index contributed by atoms with van der Waals surface area (Å²) in [4.78, 5) is 10.2. The second kappa shape index (κ2) is 9.74. The van der Waals surface area contributed by atoms with Gasteiger partial charge in [0.2, 0.25) is 5.88 Å². The smallest absolute Gasteiger partial charge is 0.242 e. The number of aliphatic hydroxyl groups excluding tert-OH is 1. The molecule has 0 radical (unpaired) electrons. The zero-order chi connectivity index (χ0) is 24.4. The summed E-state index contributed by atoms with van der Waals surface area (Å²) in [5, 5.41) is 13.0. The molecule has 1 aliphatic heterocycles. The van der Waals surface area contributed by atoms with E-state index in [0.29, 0.717) is 22.2 Å². The summed E-state index contributed by atoms with van der Waals surface area (Å²) < 4.78 is 49.8. The van der Waals surface area contributed by atoms with Gasteiger partial charge in [-0.25, -0.2) is 13.8 Å². The Morgan fingerprint density at radius 3 is 2.50 bits per heavy atom. The molecular formula is C22H21ClF2N4O5. The predicted molar refractivity (Wildman–Crippen MR) is 120 cm³/mol. The molecule has 4 rings (SSSR count). The molecule has 0 fully saturated rings. The van der Waals surface area contributed by atoms with E-state index < -0.39 is 11.6 Å². The number of benzene rings is 2. The predicted octanol–water partition coefficient (Wildman–Crippen LogP) is 4.03. The number of rotatable bonds is 8. The Hall–Kier alpha value is -3.57. The molecule has 2 N–H and O–H groups in total. The summed E-state index contributed by atoms with van der Waals surface area (Å²) >= 11 is 6.53. The Morgan fingerprint density at radius 1 is 1.06 bits per heavy atom. The maximum Gasteiger partial charge on any atom is 0.242 e. The first-order valence-electron chi connectivity index (χ1n) is 10.00. The van der Waals surface area contributed by atoms with E-state index in [9.17, 15) is 13.9 Å². The average Bonchev–Trinajstić information content (AvgIpc) is 3.28. The number of anilines is 3. The van der Waals surface area contributed by atoms with Crippen molar-refractivity contribution in [2.45, 2.75) is 13.2 Å². The van der Waals surface area contributed by atoms with Crippen LogP contribution in [0.25, 0.3) is 0 Å². The lowest BCUT2D eigenvalue weighted by Gasteiger charge is -2.21. The van der Waals surface area contributed by atoms with Crippen molar-refractivity contribution in [3.8, 4) is 23.1 Å². The van der Waals surface area contributed by atoms with E-state index in [1.807, 2.05) is 0 Å². The molecule has 9 nitrogen and oxygen atoms in total. The second-order valence-electron chi connectivity index (χ2n) is 7.05. The van der Waals surface area contributed by atoms with Gasteiger partial charge in [0.1, 0.15) is 24.7 Å². The molecule has 0 unspecified atom stereocenters. The summed E-state index contributed by atoms with van der Waals surface area (Å²) in [5.41, 5.74) is 0.931. The summed E-state index contributed by atoms with van der Waals surface area (Å²) in [6.07, 6.45) is 0. The van der Waals surface area contributed by atoms with Crippen molar-refractivity contribution in [2.75, 3.05) is 38.2 Å². The van der Waals surface area contributed by atoms with Gasteiger partial charge >= 0.3 is 0 Å². The molecule has 2 heterocycles. The van der Waals surface area contributed by atoms with Gasteiger partial charge < -0.3 is 34.3 Å². The molecule has 12 heteroatoms. The quantitative estimate of drug-likeness (QED) is 0.481. The maximum absolute atomic E-state index is 14.4. The van der Waals surface area contributed by atoms with Gasteiger partial charge in [0, 0.05) is 12.1 Å². The molecule has 0 bridgehead atoms. The Kier molecular flexibility index (Phi) is 6.75.